The van der Waals surface area contributed by atoms with Gasteiger partial charge in [-0.3, -0.25) is 4.79 Å². The maximum atomic E-state index is 12.4. The van der Waals surface area contributed by atoms with E-state index in [9.17, 15) is 4.79 Å². The van der Waals surface area contributed by atoms with E-state index in [2.05, 4.69) is 67.8 Å². The number of carbonyl (C=O) groups is 1. The van der Waals surface area contributed by atoms with E-state index in [1.165, 1.54) is 17.3 Å². The summed E-state index contributed by atoms with van der Waals surface area (Å²) in [6.07, 6.45) is 1.56. The molecule has 0 bridgehead atoms. The Morgan fingerprint density at radius 3 is 2.79 bits per heavy atom. The van der Waals surface area contributed by atoms with Gasteiger partial charge in [-0.05, 0) is 30.7 Å². The van der Waals surface area contributed by atoms with Crippen molar-refractivity contribution in [2.75, 3.05) is 11.1 Å². The Morgan fingerprint density at radius 1 is 1.18 bits per heavy atom. The number of amides is 1. The standard InChI is InChI=1S/C21H16BrN3OS2/c1-13-5-7-14(8-6-13)17-10-27-20-19(17)21(24-12-23-20)28-11-18(26)25-16-4-2-3-15(22)9-16/h2-10,12H,11H2,1H3,(H,25,26). The van der Waals surface area contributed by atoms with E-state index in [0.29, 0.717) is 0 Å². The molecule has 0 radical (unpaired) electrons. The number of anilines is 1. The van der Waals surface area contributed by atoms with Gasteiger partial charge in [0.15, 0.2) is 0 Å². The van der Waals surface area contributed by atoms with Gasteiger partial charge in [0.25, 0.3) is 0 Å². The van der Waals surface area contributed by atoms with E-state index >= 15 is 0 Å². The maximum Gasteiger partial charge on any atom is 0.234 e. The number of rotatable bonds is 5. The van der Waals surface area contributed by atoms with E-state index in [1.807, 2.05) is 24.3 Å². The zero-order valence-electron chi connectivity index (χ0n) is 15.0. The van der Waals surface area contributed by atoms with Crippen molar-refractivity contribution < 1.29 is 4.79 Å². The molecule has 4 aromatic rings. The number of halogens is 1. The number of aryl methyl sites for hydroxylation is 1. The Bertz CT molecular complexity index is 1140. The lowest BCUT2D eigenvalue weighted by Gasteiger charge is -2.07. The van der Waals surface area contributed by atoms with E-state index < -0.39 is 0 Å². The van der Waals surface area contributed by atoms with Crippen molar-refractivity contribution in [3.05, 3.63) is 70.3 Å². The van der Waals surface area contributed by atoms with Gasteiger partial charge in [-0.25, -0.2) is 9.97 Å². The summed E-state index contributed by atoms with van der Waals surface area (Å²) >= 11 is 6.44. The third kappa shape index (κ3) is 4.27. The van der Waals surface area contributed by atoms with Crippen LogP contribution in [0.15, 0.2) is 69.7 Å². The molecular weight excluding hydrogens is 454 g/mol. The summed E-state index contributed by atoms with van der Waals surface area (Å²) in [4.78, 5) is 22.2. The summed E-state index contributed by atoms with van der Waals surface area (Å²) in [6.45, 7) is 2.07. The molecule has 2 aromatic carbocycles. The van der Waals surface area contributed by atoms with Crippen LogP contribution in [-0.4, -0.2) is 21.6 Å². The van der Waals surface area contributed by atoms with Crippen molar-refractivity contribution in [1.29, 1.82) is 0 Å². The number of hydrogen-bond acceptors (Lipinski definition) is 5. The number of aromatic nitrogens is 2. The Hall–Kier alpha value is -2.22. The molecule has 28 heavy (non-hydrogen) atoms. The lowest BCUT2D eigenvalue weighted by molar-refractivity contribution is -0.113. The normalized spacial score (nSPS) is 10.9. The van der Waals surface area contributed by atoms with E-state index in [4.69, 9.17) is 0 Å². The van der Waals surface area contributed by atoms with Crippen molar-refractivity contribution in [3.63, 3.8) is 0 Å². The molecule has 2 heterocycles. The Balaban J connectivity index is 1.56. The van der Waals surface area contributed by atoms with Gasteiger partial charge in [0.1, 0.15) is 16.2 Å². The van der Waals surface area contributed by atoms with Crippen molar-refractivity contribution in [3.8, 4) is 11.1 Å². The fraction of sp³-hybridized carbons (Fsp3) is 0.0952. The maximum absolute atomic E-state index is 12.4. The summed E-state index contributed by atoms with van der Waals surface area (Å²) in [6, 6.07) is 16.0. The van der Waals surface area contributed by atoms with Crippen LogP contribution in [-0.2, 0) is 4.79 Å². The molecule has 4 nitrogen and oxygen atoms in total. The second-order valence-corrected chi connectivity index (χ2v) is 8.96. The van der Waals surface area contributed by atoms with Crippen LogP contribution in [0.1, 0.15) is 5.56 Å². The van der Waals surface area contributed by atoms with Gasteiger partial charge in [0.05, 0.1) is 11.1 Å². The van der Waals surface area contributed by atoms with Crippen molar-refractivity contribution in [2.24, 2.45) is 0 Å². The molecule has 0 saturated heterocycles. The molecule has 0 unspecified atom stereocenters. The monoisotopic (exact) mass is 469 g/mol. The van der Waals surface area contributed by atoms with Crippen molar-refractivity contribution >= 4 is 60.8 Å². The van der Waals surface area contributed by atoms with E-state index in [1.54, 1.807) is 17.7 Å². The largest absolute Gasteiger partial charge is 0.325 e. The molecule has 7 heteroatoms. The highest BCUT2D eigenvalue weighted by atomic mass is 79.9. The smallest absolute Gasteiger partial charge is 0.234 e. The third-order valence-electron chi connectivity index (χ3n) is 4.15. The molecule has 0 fully saturated rings. The van der Waals surface area contributed by atoms with Crippen LogP contribution in [0.3, 0.4) is 0 Å². The molecular formula is C21H16BrN3OS2. The number of hydrogen-bond donors (Lipinski definition) is 1. The summed E-state index contributed by atoms with van der Waals surface area (Å²) < 4.78 is 0.927. The lowest BCUT2D eigenvalue weighted by Crippen LogP contribution is -2.14. The van der Waals surface area contributed by atoms with E-state index in [-0.39, 0.29) is 11.7 Å². The predicted molar refractivity (Wildman–Crippen MR) is 121 cm³/mol. The fourth-order valence-corrected chi connectivity index (χ4v) is 4.99. The highest BCUT2D eigenvalue weighted by Gasteiger charge is 2.15. The van der Waals surface area contributed by atoms with Crippen molar-refractivity contribution in [2.45, 2.75) is 11.9 Å². The summed E-state index contributed by atoms with van der Waals surface area (Å²) in [5, 5.41) is 6.86. The van der Waals surface area contributed by atoms with Gasteiger partial charge in [-0.15, -0.1) is 11.3 Å². The molecule has 0 aliphatic heterocycles. The first-order chi connectivity index (χ1) is 13.6. The Kier molecular flexibility index (Phi) is 5.75. The molecule has 1 amide bonds. The van der Waals surface area contributed by atoms with Gasteiger partial charge in [0, 0.05) is 21.1 Å². The minimum Gasteiger partial charge on any atom is -0.325 e. The van der Waals surface area contributed by atoms with Gasteiger partial charge in [-0.1, -0.05) is 63.6 Å². The first kappa shape index (κ1) is 19.1. The molecule has 0 atom stereocenters. The molecule has 140 valence electrons. The average molecular weight is 470 g/mol. The van der Waals surface area contributed by atoms with Gasteiger partial charge < -0.3 is 5.32 Å². The highest BCUT2D eigenvalue weighted by molar-refractivity contribution is 9.10. The molecule has 2 aromatic heterocycles. The van der Waals surface area contributed by atoms with Crippen LogP contribution in [0, 0.1) is 6.92 Å². The van der Waals surface area contributed by atoms with Crippen LogP contribution < -0.4 is 5.32 Å². The van der Waals surface area contributed by atoms with Crippen LogP contribution in [0.2, 0.25) is 0 Å². The number of nitrogens with zero attached hydrogens (tertiary/aromatic N) is 2. The molecule has 0 aliphatic carbocycles. The first-order valence-electron chi connectivity index (χ1n) is 8.57. The third-order valence-corrected chi connectivity index (χ3v) is 6.52. The molecule has 0 spiro atoms. The topological polar surface area (TPSA) is 54.9 Å². The molecule has 4 rings (SSSR count). The van der Waals surface area contributed by atoms with Crippen LogP contribution in [0.5, 0.6) is 0 Å². The quantitative estimate of drug-likeness (QED) is 0.280. The summed E-state index contributed by atoms with van der Waals surface area (Å²) in [7, 11) is 0. The van der Waals surface area contributed by atoms with Crippen molar-refractivity contribution in [1.82, 2.24) is 9.97 Å². The summed E-state index contributed by atoms with van der Waals surface area (Å²) in [5.41, 5.74) is 4.23. The number of carbonyl (C=O) groups excluding carboxylic acids is 1. The molecule has 0 aliphatic rings. The Morgan fingerprint density at radius 2 is 2.00 bits per heavy atom. The summed E-state index contributed by atoms with van der Waals surface area (Å²) in [5.74, 6) is 0.212. The second kappa shape index (κ2) is 8.43. The number of benzene rings is 2. The van der Waals surface area contributed by atoms with Gasteiger partial charge >= 0.3 is 0 Å². The SMILES string of the molecule is Cc1ccc(-c2csc3ncnc(SCC(=O)Nc4cccc(Br)c4)c23)cc1. The number of nitrogens with one attached hydrogen (secondary N) is 1. The zero-order chi connectivity index (χ0) is 19.5. The number of fused-ring (bicyclic) bond motifs is 1. The zero-order valence-corrected chi connectivity index (χ0v) is 18.2. The van der Waals surface area contributed by atoms with Crippen LogP contribution in [0.25, 0.3) is 21.3 Å². The molecule has 1 N–H and O–H groups in total. The second-order valence-electron chi connectivity index (χ2n) is 6.22. The number of thiophene rings is 1. The molecule has 0 saturated carbocycles. The van der Waals surface area contributed by atoms with Crippen LogP contribution in [0.4, 0.5) is 5.69 Å². The van der Waals surface area contributed by atoms with E-state index in [0.717, 1.165) is 36.5 Å². The number of thioether (sulfide) groups is 1. The fourth-order valence-electron chi connectivity index (χ4n) is 2.80. The first-order valence-corrected chi connectivity index (χ1v) is 11.2. The Labute approximate surface area is 179 Å². The lowest BCUT2D eigenvalue weighted by atomic mass is 10.1. The van der Waals surface area contributed by atoms with Gasteiger partial charge in [-0.2, -0.15) is 0 Å². The average Bonchev–Trinajstić information content (AvgIpc) is 3.12. The minimum absolute atomic E-state index is 0.0676. The highest BCUT2D eigenvalue weighted by Crippen LogP contribution is 2.37. The van der Waals surface area contributed by atoms with Gasteiger partial charge in [0.2, 0.25) is 5.91 Å². The minimum atomic E-state index is -0.0676. The van der Waals surface area contributed by atoms with Crippen LogP contribution >= 0.6 is 39.0 Å². The predicted octanol–water partition coefficient (Wildman–Crippen LogP) is 6.16.